The number of nitriles is 1. The normalized spacial score (nSPS) is 17.0. The van der Waals surface area contributed by atoms with Gasteiger partial charge in [0, 0.05) is 19.2 Å². The SMILES string of the molecule is Cc1ncsc1-c1ccc(CNC(=O)[C@@H]2CCCN2C(=O)C(NC(=O)COc2ccc(N3C(=S)N(c4ccc(C#N)c(C(F)(F)F)c4F)C(=O)C3(C)C)cn2)C(C)(C)C)cc1. The Morgan fingerprint density at radius 2 is 1.79 bits per heavy atom. The fourth-order valence-corrected chi connectivity index (χ4v) is 8.59. The number of amides is 4. The van der Waals surface area contributed by atoms with Crippen LogP contribution in [-0.4, -0.2) is 74.4 Å². The first-order valence-corrected chi connectivity index (χ1v) is 20.4. The summed E-state index contributed by atoms with van der Waals surface area (Å²) in [5.74, 6) is -4.02. The Morgan fingerprint density at radius 3 is 2.38 bits per heavy atom. The maximum atomic E-state index is 15.4. The monoisotopic (exact) mass is 878 g/mol. The number of nitrogens with zero attached hydrogens (tertiary/aromatic N) is 6. The largest absolute Gasteiger partial charge is 0.468 e. The minimum Gasteiger partial charge on any atom is -0.468 e. The van der Waals surface area contributed by atoms with Crippen LogP contribution >= 0.6 is 23.6 Å². The third kappa shape index (κ3) is 9.05. The predicted molar refractivity (Wildman–Crippen MR) is 223 cm³/mol. The van der Waals surface area contributed by atoms with Crippen molar-refractivity contribution in [2.45, 2.75) is 84.7 Å². The molecule has 4 amide bonds. The number of rotatable bonds is 11. The molecule has 1 unspecified atom stereocenters. The van der Waals surface area contributed by atoms with Gasteiger partial charge in [-0.1, -0.05) is 45.0 Å². The molecule has 0 aliphatic carbocycles. The number of thiocarbonyl (C=S) groups is 1. The number of halogens is 4. The molecule has 6 rings (SSSR count). The summed E-state index contributed by atoms with van der Waals surface area (Å²) in [6.45, 7) is 10.3. The molecule has 19 heteroatoms. The average molecular weight is 879 g/mol. The van der Waals surface area contributed by atoms with Gasteiger partial charge in [-0.2, -0.15) is 18.4 Å². The van der Waals surface area contributed by atoms with E-state index in [4.69, 9.17) is 22.2 Å². The minimum absolute atomic E-state index is 0.0267. The number of alkyl halides is 3. The second-order valence-corrected chi connectivity index (χ2v) is 17.3. The molecule has 61 heavy (non-hydrogen) atoms. The Kier molecular flexibility index (Phi) is 12.5. The lowest BCUT2D eigenvalue weighted by Gasteiger charge is -2.35. The molecular weight excluding hydrogens is 837 g/mol. The lowest BCUT2D eigenvalue weighted by atomic mass is 9.85. The van der Waals surface area contributed by atoms with E-state index >= 15 is 4.39 Å². The van der Waals surface area contributed by atoms with Crippen LogP contribution in [0, 0.1) is 29.5 Å². The van der Waals surface area contributed by atoms with Gasteiger partial charge in [0.15, 0.2) is 17.5 Å². The number of likely N-dealkylation sites (tertiary alicyclic amines) is 1. The highest BCUT2D eigenvalue weighted by Crippen LogP contribution is 2.42. The molecule has 0 spiro atoms. The zero-order valence-electron chi connectivity index (χ0n) is 34.0. The van der Waals surface area contributed by atoms with Gasteiger partial charge in [-0.3, -0.25) is 24.1 Å². The Labute approximate surface area is 358 Å². The third-order valence-electron chi connectivity index (χ3n) is 10.4. The van der Waals surface area contributed by atoms with Gasteiger partial charge in [-0.15, -0.1) is 11.3 Å². The lowest BCUT2D eigenvalue weighted by Crippen LogP contribution is -2.58. The number of hydrogen-bond donors (Lipinski definition) is 2. The molecule has 2 aromatic heterocycles. The van der Waals surface area contributed by atoms with Crippen LogP contribution in [0.3, 0.4) is 0 Å². The summed E-state index contributed by atoms with van der Waals surface area (Å²) in [4.78, 5) is 67.2. The fourth-order valence-electron chi connectivity index (χ4n) is 7.26. The molecule has 2 N–H and O–H groups in total. The molecule has 2 aliphatic rings. The lowest BCUT2D eigenvalue weighted by molar-refractivity contribution is -0.144. The number of nitrogens with one attached hydrogen (secondary N) is 2. The smallest absolute Gasteiger partial charge is 0.420 e. The van der Waals surface area contributed by atoms with Crippen molar-refractivity contribution in [3.63, 3.8) is 0 Å². The zero-order chi connectivity index (χ0) is 44.6. The number of thiazole rings is 1. The van der Waals surface area contributed by atoms with Crippen LogP contribution in [-0.2, 0) is 31.9 Å². The number of carbonyl (C=O) groups excluding carboxylic acids is 4. The molecule has 0 radical (unpaired) electrons. The number of carbonyl (C=O) groups is 4. The highest BCUT2D eigenvalue weighted by molar-refractivity contribution is 7.81. The van der Waals surface area contributed by atoms with E-state index in [2.05, 4.69) is 20.6 Å². The number of aromatic nitrogens is 2. The molecule has 4 aromatic rings. The van der Waals surface area contributed by atoms with Crippen LogP contribution in [0.4, 0.5) is 28.9 Å². The van der Waals surface area contributed by atoms with Gasteiger partial charge in [0.05, 0.1) is 45.3 Å². The highest BCUT2D eigenvalue weighted by atomic mass is 32.1. The summed E-state index contributed by atoms with van der Waals surface area (Å²) in [6.07, 6.45) is -2.89. The van der Waals surface area contributed by atoms with E-state index in [0.717, 1.165) is 33.8 Å². The molecule has 2 atom stereocenters. The zero-order valence-corrected chi connectivity index (χ0v) is 35.6. The van der Waals surface area contributed by atoms with Crippen LogP contribution in [0.25, 0.3) is 10.4 Å². The van der Waals surface area contributed by atoms with Crippen molar-refractivity contribution in [2.24, 2.45) is 5.41 Å². The summed E-state index contributed by atoms with van der Waals surface area (Å²) in [6, 6.07) is 11.9. The van der Waals surface area contributed by atoms with Crippen molar-refractivity contribution in [3.05, 3.63) is 88.4 Å². The molecule has 2 aromatic carbocycles. The number of anilines is 2. The first kappa shape index (κ1) is 44.5. The molecule has 0 bridgehead atoms. The first-order valence-electron chi connectivity index (χ1n) is 19.1. The van der Waals surface area contributed by atoms with E-state index in [1.165, 1.54) is 48.0 Å². The molecule has 0 saturated carbocycles. The molecule has 2 aliphatic heterocycles. The van der Waals surface area contributed by atoms with E-state index in [9.17, 15) is 32.3 Å². The van der Waals surface area contributed by atoms with E-state index in [-0.39, 0.29) is 29.1 Å². The number of hydrogen-bond acceptors (Lipinski definition) is 10. The van der Waals surface area contributed by atoms with Crippen molar-refractivity contribution < 1.29 is 41.5 Å². The summed E-state index contributed by atoms with van der Waals surface area (Å²) in [5.41, 5.74) is -0.929. The first-order chi connectivity index (χ1) is 28.6. The second-order valence-electron chi connectivity index (χ2n) is 16.1. The highest BCUT2D eigenvalue weighted by Gasteiger charge is 2.52. The molecular formula is C42H42F4N8O5S2. The van der Waals surface area contributed by atoms with Crippen molar-refractivity contribution >= 4 is 63.7 Å². The maximum Gasteiger partial charge on any atom is 0.420 e. The van der Waals surface area contributed by atoms with Crippen molar-refractivity contribution in [3.8, 4) is 22.4 Å². The number of aryl methyl sites for hydroxylation is 1. The standard InChI is InChI=1S/C42H42F4N8O5S2/c1-23-34(61-22-50-23)25-11-9-24(10-12-25)19-49-36(56)29-8-7-17-52(29)37(57)35(40(2,3)4)51-30(55)21-59-31-16-14-27(20-48-31)54-39(60)53(38(58)41(54,5)6)28-15-13-26(18-47)32(33(28)43)42(44,45)46/h9-16,20,22,29,35H,7-8,17,19,21H2,1-6H3,(H,49,56)(H,51,55)/t29-,35?/m0/s1. The van der Waals surface area contributed by atoms with Gasteiger partial charge < -0.3 is 25.2 Å². The number of benzene rings is 2. The van der Waals surface area contributed by atoms with Crippen LogP contribution < -0.4 is 25.2 Å². The molecule has 4 heterocycles. The van der Waals surface area contributed by atoms with E-state index in [1.54, 1.807) is 37.6 Å². The van der Waals surface area contributed by atoms with Gasteiger partial charge in [-0.05, 0) is 80.6 Å². The van der Waals surface area contributed by atoms with Crippen LogP contribution in [0.1, 0.15) is 69.8 Å². The molecule has 2 fully saturated rings. The van der Waals surface area contributed by atoms with Gasteiger partial charge in [0.2, 0.25) is 17.7 Å². The summed E-state index contributed by atoms with van der Waals surface area (Å²) < 4.78 is 62.3. The van der Waals surface area contributed by atoms with Crippen molar-refractivity contribution in [2.75, 3.05) is 23.0 Å². The van der Waals surface area contributed by atoms with Crippen molar-refractivity contribution in [1.29, 1.82) is 5.26 Å². The maximum absolute atomic E-state index is 15.4. The Hall–Kier alpha value is -6.00. The topological polar surface area (TPSA) is 161 Å². The van der Waals surface area contributed by atoms with Crippen LogP contribution in [0.5, 0.6) is 5.88 Å². The summed E-state index contributed by atoms with van der Waals surface area (Å²) in [7, 11) is 0. The van der Waals surface area contributed by atoms with Gasteiger partial charge >= 0.3 is 6.18 Å². The average Bonchev–Trinajstić information content (AvgIpc) is 3.91. The Balaban J connectivity index is 1.07. The summed E-state index contributed by atoms with van der Waals surface area (Å²) >= 11 is 7.04. The third-order valence-corrected chi connectivity index (χ3v) is 11.8. The Morgan fingerprint density at radius 1 is 1.08 bits per heavy atom. The Bertz CT molecular complexity index is 2410. The van der Waals surface area contributed by atoms with Crippen LogP contribution in [0.2, 0.25) is 0 Å². The molecule has 2 saturated heterocycles. The molecule has 13 nitrogen and oxygen atoms in total. The van der Waals surface area contributed by atoms with Gasteiger partial charge in [-0.25, -0.2) is 14.4 Å². The van der Waals surface area contributed by atoms with E-state index < -0.39 is 76.2 Å². The number of pyridine rings is 1. The van der Waals surface area contributed by atoms with E-state index in [1.807, 2.05) is 31.2 Å². The predicted octanol–water partition coefficient (Wildman–Crippen LogP) is 6.68. The molecule has 320 valence electrons. The fraction of sp³-hybridized carbons (Fsp3) is 0.381. The summed E-state index contributed by atoms with van der Waals surface area (Å²) in [5, 5.41) is 14.5. The van der Waals surface area contributed by atoms with Crippen molar-refractivity contribution in [1.82, 2.24) is 25.5 Å². The quantitative estimate of drug-likeness (QED) is 0.123. The van der Waals surface area contributed by atoms with E-state index in [0.29, 0.717) is 24.3 Å². The minimum atomic E-state index is -5.23. The van der Waals surface area contributed by atoms with Crippen LogP contribution in [0.15, 0.2) is 60.2 Å². The van der Waals surface area contributed by atoms with Gasteiger partial charge in [0.1, 0.15) is 23.2 Å². The second kappa shape index (κ2) is 17.2. The van der Waals surface area contributed by atoms with Gasteiger partial charge in [0.25, 0.3) is 11.8 Å². The number of ether oxygens (including phenoxy) is 1.